The van der Waals surface area contributed by atoms with Crippen molar-refractivity contribution in [1.29, 1.82) is 0 Å². The first kappa shape index (κ1) is 43.0. The van der Waals surface area contributed by atoms with Gasteiger partial charge in [0.2, 0.25) is 0 Å². The van der Waals surface area contributed by atoms with Crippen LogP contribution in [0.15, 0.2) is 91.0 Å². The molecule has 2 aromatic heterocycles. The largest absolute Gasteiger partial charge is 0.208 e. The Bertz CT molecular complexity index is 3350. The maximum Gasteiger partial charge on any atom is 0.164 e. The predicted molar refractivity (Wildman–Crippen MR) is 320 cm³/mol. The second kappa shape index (κ2) is 16.3. The zero-order valence-corrected chi connectivity index (χ0v) is 40.2. The van der Waals surface area contributed by atoms with Crippen LogP contribution in [0.3, 0.4) is 0 Å². The second-order valence-corrected chi connectivity index (χ2v) is 19.0. The average Bonchev–Trinajstić information content (AvgIpc) is 3.70. The van der Waals surface area contributed by atoms with Crippen LogP contribution < -0.4 is 76.5 Å². The Kier molecular flexibility index (Phi) is 11.1. The van der Waals surface area contributed by atoms with Crippen LogP contribution in [0.2, 0.25) is 0 Å². The smallest absolute Gasteiger partial charge is 0.164 e. The van der Waals surface area contributed by atoms with E-state index >= 15 is 0 Å². The van der Waals surface area contributed by atoms with Crippen molar-refractivity contribution in [1.82, 2.24) is 15.0 Å². The van der Waals surface area contributed by atoms with E-state index in [2.05, 4.69) is 183 Å². The Balaban J connectivity index is 1.33. The lowest BCUT2D eigenvalue weighted by atomic mass is 9.58. The Labute approximate surface area is 389 Å². The van der Waals surface area contributed by atoms with Crippen LogP contribution >= 0.6 is 11.3 Å². The van der Waals surface area contributed by atoms with Gasteiger partial charge in [0.25, 0.3) is 0 Å². The first-order valence-corrected chi connectivity index (χ1v) is 23.0. The predicted octanol–water partition coefficient (Wildman–Crippen LogP) is -12.1. The van der Waals surface area contributed by atoms with E-state index in [1.807, 2.05) is 29.5 Å². The lowest BCUT2D eigenvalue weighted by Gasteiger charge is -2.24. The van der Waals surface area contributed by atoms with Gasteiger partial charge in [-0.25, -0.2) is 15.0 Å². The fraction of sp³-hybridized carbons (Fsp3) is 0. The van der Waals surface area contributed by atoms with E-state index in [0.29, 0.717) is 17.5 Å². The third-order valence-electron chi connectivity index (χ3n) is 14.9. The molecule has 0 amide bonds. The third kappa shape index (κ3) is 6.90. The van der Waals surface area contributed by atoms with Crippen molar-refractivity contribution in [3.8, 4) is 67.5 Å². The highest BCUT2D eigenvalue weighted by Gasteiger charge is 2.27. The molecule has 0 aliphatic heterocycles. The second-order valence-electron chi connectivity index (χ2n) is 18.0. The minimum absolute atomic E-state index is 0.663. The number of hydrogen-bond acceptors (Lipinski definition) is 4. The van der Waals surface area contributed by atoms with Crippen molar-refractivity contribution in [3.05, 3.63) is 91.0 Å². The molecule has 63 heavy (non-hydrogen) atoms. The number of rotatable bonds is 6. The summed E-state index contributed by atoms with van der Waals surface area (Å²) in [5.74, 6) is 2.03. The van der Waals surface area contributed by atoms with Crippen LogP contribution in [0.4, 0.5) is 0 Å². The van der Waals surface area contributed by atoms with Gasteiger partial charge in [-0.2, -0.15) is 0 Å². The van der Waals surface area contributed by atoms with Crippen molar-refractivity contribution >= 4 is 218 Å². The molecule has 18 heteroatoms. The summed E-state index contributed by atoms with van der Waals surface area (Å²) in [7, 11) is 32.3. The molecular formula is C45H43B14N3S. The topological polar surface area (TPSA) is 38.7 Å². The summed E-state index contributed by atoms with van der Waals surface area (Å²) in [5, 5.41) is 2.78. The molecule has 0 aliphatic carbocycles. The van der Waals surface area contributed by atoms with Crippen molar-refractivity contribution in [3.63, 3.8) is 0 Å². The highest BCUT2D eigenvalue weighted by molar-refractivity contribution is 7.27. The molecule has 9 rings (SSSR count). The van der Waals surface area contributed by atoms with Crippen LogP contribution in [0.5, 0.6) is 0 Å². The van der Waals surface area contributed by atoms with E-state index in [1.54, 1.807) is 0 Å². The zero-order chi connectivity index (χ0) is 44.8. The zero-order valence-electron chi connectivity index (χ0n) is 39.4. The SMILES string of the molecule is Bc1cc(-c2c(B)c(B)c(B)c(-c3nc(-c4ccccc4)nc(-c4ccc(-c5ccccc5)cc4)n3)c2B)c2sc3c(-c4c(B)c(B)c(B)c(B)c4B)c(B)c(B)c(B)c3c2c1B. The Morgan fingerprint density at radius 1 is 0.302 bits per heavy atom. The molecule has 0 radical (unpaired) electrons. The highest BCUT2D eigenvalue weighted by Crippen LogP contribution is 2.40. The molecule has 7 aromatic carbocycles. The van der Waals surface area contributed by atoms with Crippen molar-refractivity contribution < 1.29 is 0 Å². The molecule has 0 N–H and O–H groups in total. The van der Waals surface area contributed by atoms with Gasteiger partial charge in [-0.3, -0.25) is 0 Å². The quantitative estimate of drug-likeness (QED) is 0.157. The molecule has 0 fully saturated rings. The van der Waals surface area contributed by atoms with Gasteiger partial charge in [-0.05, 0) is 44.2 Å². The molecule has 0 saturated heterocycles. The molecule has 0 saturated carbocycles. The van der Waals surface area contributed by atoms with Gasteiger partial charge in [-0.15, -0.1) is 38.7 Å². The van der Waals surface area contributed by atoms with Crippen molar-refractivity contribution in [2.45, 2.75) is 0 Å². The molecule has 0 unspecified atom stereocenters. The summed E-state index contributed by atoms with van der Waals surface area (Å²) in [6.45, 7) is 0. The van der Waals surface area contributed by atoms with E-state index in [4.69, 9.17) is 15.0 Å². The van der Waals surface area contributed by atoms with Gasteiger partial charge in [-0.1, -0.05) is 140 Å². The number of aromatic nitrogens is 3. The number of hydrogen-bond donors (Lipinski definition) is 0. The van der Waals surface area contributed by atoms with Crippen molar-refractivity contribution in [2.75, 3.05) is 0 Å². The van der Waals surface area contributed by atoms with E-state index < -0.39 is 0 Å². The van der Waals surface area contributed by atoms with Crippen molar-refractivity contribution in [2.24, 2.45) is 0 Å². The normalized spacial score (nSPS) is 11.4. The van der Waals surface area contributed by atoms with Crippen LogP contribution in [0, 0.1) is 0 Å². The molecule has 0 aliphatic rings. The molecule has 0 atom stereocenters. The Morgan fingerprint density at radius 3 is 1.29 bits per heavy atom. The Hall–Kier alpha value is -5.32. The van der Waals surface area contributed by atoms with Gasteiger partial charge < -0.3 is 0 Å². The van der Waals surface area contributed by atoms with E-state index in [9.17, 15) is 0 Å². The van der Waals surface area contributed by atoms with Gasteiger partial charge in [0.1, 0.15) is 110 Å². The molecular weight excluding hydrogens is 766 g/mol. The minimum atomic E-state index is 0.663. The van der Waals surface area contributed by atoms with E-state index in [1.165, 1.54) is 124 Å². The third-order valence-corrected chi connectivity index (χ3v) is 16.1. The van der Waals surface area contributed by atoms with Crippen LogP contribution in [-0.2, 0) is 0 Å². The molecule has 286 valence electrons. The summed E-state index contributed by atoms with van der Waals surface area (Å²) in [6.07, 6.45) is 0. The van der Waals surface area contributed by atoms with E-state index in [0.717, 1.165) is 22.3 Å². The fourth-order valence-electron chi connectivity index (χ4n) is 10.1. The van der Waals surface area contributed by atoms with Gasteiger partial charge in [0, 0.05) is 26.1 Å². The number of nitrogens with zero attached hydrogens (tertiary/aromatic N) is 3. The summed E-state index contributed by atoms with van der Waals surface area (Å²) in [5.41, 5.74) is 29.4. The minimum Gasteiger partial charge on any atom is -0.208 e. The molecule has 3 nitrogen and oxygen atoms in total. The number of benzene rings is 7. The molecule has 0 bridgehead atoms. The maximum absolute atomic E-state index is 5.35. The molecule has 9 aromatic rings. The number of fused-ring (bicyclic) bond motifs is 3. The summed E-state index contributed by atoms with van der Waals surface area (Å²) < 4.78 is 2.74. The first-order valence-electron chi connectivity index (χ1n) is 22.2. The highest BCUT2D eigenvalue weighted by atomic mass is 32.1. The number of thiophene rings is 1. The van der Waals surface area contributed by atoms with Gasteiger partial charge in [0.05, 0.1) is 0 Å². The lowest BCUT2D eigenvalue weighted by Crippen LogP contribution is -2.56. The monoisotopic (exact) mass is 811 g/mol. The molecule has 2 heterocycles. The van der Waals surface area contributed by atoms with Gasteiger partial charge >= 0.3 is 0 Å². The Morgan fingerprint density at radius 2 is 0.698 bits per heavy atom. The van der Waals surface area contributed by atoms with E-state index in [-0.39, 0.29) is 0 Å². The summed E-state index contributed by atoms with van der Waals surface area (Å²) >= 11 is 1.98. The van der Waals surface area contributed by atoms with Crippen LogP contribution in [-0.4, -0.2) is 125 Å². The average molecular weight is 809 g/mol. The lowest BCUT2D eigenvalue weighted by molar-refractivity contribution is 1.08. The molecule has 0 spiro atoms. The standard InChI is InChI=1S/C45H43B14N3S/c46-21-15-20(41-25(28(21)47)26-34(53)37(56)33(52)24(42(26)63-41)23-31(50)38(57)40(59)39(58)32(23)51)22-29(48)27(35(54)36(55)30(22)49)45-61-43(18-9-5-2-6-10-18)60-44(62-45)19-13-11-17(12-14-19)16-7-3-1-4-8-16/h1-15H,46-59H2. The van der Waals surface area contributed by atoms with Crippen LogP contribution in [0.1, 0.15) is 0 Å². The maximum atomic E-state index is 5.35. The summed E-state index contributed by atoms with van der Waals surface area (Å²) in [4.78, 5) is 15.8. The van der Waals surface area contributed by atoms with Crippen LogP contribution in [0.25, 0.3) is 87.7 Å². The first-order chi connectivity index (χ1) is 30.1. The van der Waals surface area contributed by atoms with Gasteiger partial charge in [0.15, 0.2) is 17.5 Å². The summed E-state index contributed by atoms with van der Waals surface area (Å²) in [6, 6.07) is 31.9. The fourth-order valence-corrected chi connectivity index (χ4v) is 11.7.